The number of piperidine rings is 1. The second-order valence-electron chi connectivity index (χ2n) is 7.46. The second kappa shape index (κ2) is 9.01. The fourth-order valence-electron chi connectivity index (χ4n) is 3.89. The molecule has 4 rings (SSSR count). The average Bonchev–Trinajstić information content (AvgIpc) is 3.16. The van der Waals surface area contributed by atoms with Gasteiger partial charge in [0.2, 0.25) is 5.91 Å². The Morgan fingerprint density at radius 3 is 2.62 bits per heavy atom. The Bertz CT molecular complexity index is 950. The van der Waals surface area contributed by atoms with Crippen LogP contribution in [-0.2, 0) is 11.3 Å². The number of amides is 1. The first kappa shape index (κ1) is 19.3. The fourth-order valence-corrected chi connectivity index (χ4v) is 3.89. The lowest BCUT2D eigenvalue weighted by Crippen LogP contribution is -2.40. The highest BCUT2D eigenvalue weighted by Gasteiger charge is 2.28. The predicted molar refractivity (Wildman–Crippen MR) is 111 cm³/mol. The maximum atomic E-state index is 13.4. The largest absolute Gasteiger partial charge is 0.322 e. The first-order valence-corrected chi connectivity index (χ1v) is 10.1. The number of hydrogen-bond donors (Lipinski definition) is 1. The van der Waals surface area contributed by atoms with Gasteiger partial charge in [-0.15, -0.1) is 0 Å². The first-order valence-electron chi connectivity index (χ1n) is 10.1. The molecule has 1 saturated heterocycles. The molecule has 1 aliphatic heterocycles. The van der Waals surface area contributed by atoms with E-state index in [1.54, 1.807) is 23.1 Å². The first-order chi connectivity index (χ1) is 14.2. The average molecular weight is 392 g/mol. The van der Waals surface area contributed by atoms with Crippen LogP contribution in [0.4, 0.5) is 10.1 Å². The molecule has 1 N–H and O–H groups in total. The summed E-state index contributed by atoms with van der Waals surface area (Å²) in [6.45, 7) is 2.29. The smallest absolute Gasteiger partial charge is 0.246 e. The molecule has 0 aliphatic carbocycles. The predicted octanol–water partition coefficient (Wildman–Crippen LogP) is 4.24. The van der Waals surface area contributed by atoms with Gasteiger partial charge in [-0.05, 0) is 49.2 Å². The molecular weight excluding hydrogens is 367 g/mol. The van der Waals surface area contributed by atoms with Gasteiger partial charge in [-0.25, -0.2) is 4.39 Å². The summed E-state index contributed by atoms with van der Waals surface area (Å²) >= 11 is 0. The molecule has 1 fully saturated rings. The van der Waals surface area contributed by atoms with E-state index in [0.717, 1.165) is 37.1 Å². The topological polar surface area (TPSA) is 50.2 Å². The zero-order chi connectivity index (χ0) is 20.1. The van der Waals surface area contributed by atoms with Gasteiger partial charge in [0.25, 0.3) is 0 Å². The van der Waals surface area contributed by atoms with E-state index in [4.69, 9.17) is 0 Å². The Balaban J connectivity index is 1.48. The second-order valence-corrected chi connectivity index (χ2v) is 7.46. The molecule has 2 aromatic carbocycles. The van der Waals surface area contributed by atoms with Gasteiger partial charge in [-0.1, -0.05) is 48.9 Å². The van der Waals surface area contributed by atoms with Crippen LogP contribution in [0.25, 0.3) is 0 Å². The standard InChI is InChI=1S/C23H25FN4O/c24-20-11-7-8-18(14-20)16-28-17-21(15-25-28)26-23(29)22(19-9-3-1-4-10-19)27-12-5-2-6-13-27/h1,3-4,7-11,14-15,17,22H,2,5-6,12-13,16H2,(H,26,29)/t22-/m0/s1. The SMILES string of the molecule is O=C(Nc1cnn(Cc2cccc(F)c2)c1)[C@H](c1ccccc1)N1CCCCC1. The number of carbonyl (C=O) groups is 1. The van der Waals surface area contributed by atoms with E-state index in [-0.39, 0.29) is 17.8 Å². The van der Waals surface area contributed by atoms with Crippen LogP contribution in [0, 0.1) is 5.82 Å². The molecule has 0 saturated carbocycles. The number of aromatic nitrogens is 2. The number of benzene rings is 2. The van der Waals surface area contributed by atoms with Crippen LogP contribution in [0.15, 0.2) is 67.0 Å². The molecule has 1 amide bonds. The highest BCUT2D eigenvalue weighted by atomic mass is 19.1. The number of carbonyl (C=O) groups excluding carboxylic acids is 1. The Hall–Kier alpha value is -2.99. The van der Waals surface area contributed by atoms with Gasteiger partial charge < -0.3 is 5.32 Å². The highest BCUT2D eigenvalue weighted by molar-refractivity contribution is 5.95. The fraction of sp³-hybridized carbons (Fsp3) is 0.304. The zero-order valence-electron chi connectivity index (χ0n) is 16.3. The summed E-state index contributed by atoms with van der Waals surface area (Å²) in [6.07, 6.45) is 6.85. The van der Waals surface area contributed by atoms with Crippen LogP contribution < -0.4 is 5.32 Å². The minimum atomic E-state index is -0.317. The van der Waals surface area contributed by atoms with E-state index in [9.17, 15) is 9.18 Å². The van der Waals surface area contributed by atoms with Crippen molar-refractivity contribution >= 4 is 11.6 Å². The number of likely N-dealkylation sites (tertiary alicyclic amines) is 1. The molecule has 2 heterocycles. The van der Waals surface area contributed by atoms with Crippen molar-refractivity contribution < 1.29 is 9.18 Å². The molecule has 6 heteroatoms. The number of halogens is 1. The summed E-state index contributed by atoms with van der Waals surface area (Å²) in [4.78, 5) is 15.4. The number of nitrogens with one attached hydrogen (secondary N) is 1. The van der Waals surface area contributed by atoms with E-state index >= 15 is 0 Å². The third-order valence-corrected chi connectivity index (χ3v) is 5.25. The normalized spacial score (nSPS) is 15.8. The molecule has 1 atom stereocenters. The summed E-state index contributed by atoms with van der Waals surface area (Å²) in [6, 6.07) is 16.0. The maximum absolute atomic E-state index is 13.4. The van der Waals surface area contributed by atoms with Crippen molar-refractivity contribution in [2.24, 2.45) is 0 Å². The van der Waals surface area contributed by atoms with Gasteiger partial charge in [-0.3, -0.25) is 14.4 Å². The van der Waals surface area contributed by atoms with Gasteiger partial charge in [0.15, 0.2) is 0 Å². The van der Waals surface area contributed by atoms with E-state index in [0.29, 0.717) is 12.2 Å². The molecule has 0 unspecified atom stereocenters. The van der Waals surface area contributed by atoms with Gasteiger partial charge in [-0.2, -0.15) is 5.10 Å². The maximum Gasteiger partial charge on any atom is 0.246 e. The third kappa shape index (κ3) is 4.90. The quantitative estimate of drug-likeness (QED) is 0.683. The van der Waals surface area contributed by atoms with Crippen molar-refractivity contribution in [3.63, 3.8) is 0 Å². The number of nitrogens with zero attached hydrogens (tertiary/aromatic N) is 3. The van der Waals surface area contributed by atoms with E-state index < -0.39 is 0 Å². The molecule has 0 spiro atoms. The van der Waals surface area contributed by atoms with Crippen LogP contribution in [0.2, 0.25) is 0 Å². The molecule has 1 aromatic heterocycles. The Morgan fingerprint density at radius 2 is 1.86 bits per heavy atom. The number of hydrogen-bond acceptors (Lipinski definition) is 3. The molecule has 3 aromatic rings. The van der Waals surface area contributed by atoms with Crippen LogP contribution in [0.3, 0.4) is 0 Å². The highest BCUT2D eigenvalue weighted by Crippen LogP contribution is 2.26. The molecule has 29 heavy (non-hydrogen) atoms. The summed E-state index contributed by atoms with van der Waals surface area (Å²) in [5.74, 6) is -0.321. The lowest BCUT2D eigenvalue weighted by Gasteiger charge is -2.33. The minimum Gasteiger partial charge on any atom is -0.322 e. The van der Waals surface area contributed by atoms with Crippen molar-refractivity contribution in [1.29, 1.82) is 0 Å². The van der Waals surface area contributed by atoms with Crippen molar-refractivity contribution in [2.75, 3.05) is 18.4 Å². The Morgan fingerprint density at radius 1 is 1.07 bits per heavy atom. The summed E-state index contributed by atoms with van der Waals surface area (Å²) in [5, 5.41) is 7.32. The van der Waals surface area contributed by atoms with Crippen molar-refractivity contribution in [1.82, 2.24) is 14.7 Å². The van der Waals surface area contributed by atoms with Crippen LogP contribution >= 0.6 is 0 Å². The van der Waals surface area contributed by atoms with Crippen molar-refractivity contribution in [3.8, 4) is 0 Å². The van der Waals surface area contributed by atoms with Gasteiger partial charge in [0.1, 0.15) is 11.9 Å². The summed E-state index contributed by atoms with van der Waals surface area (Å²) in [7, 11) is 0. The van der Waals surface area contributed by atoms with E-state index in [2.05, 4.69) is 15.3 Å². The van der Waals surface area contributed by atoms with Gasteiger partial charge >= 0.3 is 0 Å². The molecular formula is C23H25FN4O. The van der Waals surface area contributed by atoms with Gasteiger partial charge in [0, 0.05) is 6.20 Å². The van der Waals surface area contributed by atoms with Crippen LogP contribution in [-0.4, -0.2) is 33.7 Å². The lowest BCUT2D eigenvalue weighted by atomic mass is 10.0. The third-order valence-electron chi connectivity index (χ3n) is 5.25. The van der Waals surface area contributed by atoms with Crippen LogP contribution in [0.1, 0.15) is 36.4 Å². The monoisotopic (exact) mass is 392 g/mol. The summed E-state index contributed by atoms with van der Waals surface area (Å²) < 4.78 is 15.1. The van der Waals surface area contributed by atoms with Gasteiger partial charge in [0.05, 0.1) is 18.4 Å². The molecule has 150 valence electrons. The Kier molecular flexibility index (Phi) is 6.00. The zero-order valence-corrected chi connectivity index (χ0v) is 16.3. The van der Waals surface area contributed by atoms with E-state index in [1.165, 1.54) is 18.6 Å². The lowest BCUT2D eigenvalue weighted by molar-refractivity contribution is -0.122. The molecule has 1 aliphatic rings. The number of anilines is 1. The molecule has 0 bridgehead atoms. The Labute approximate surface area is 170 Å². The summed E-state index contributed by atoms with van der Waals surface area (Å²) in [5.41, 5.74) is 2.46. The molecule has 0 radical (unpaired) electrons. The molecule has 5 nitrogen and oxygen atoms in total. The van der Waals surface area contributed by atoms with Crippen molar-refractivity contribution in [3.05, 3.63) is 83.9 Å². The minimum absolute atomic E-state index is 0.0524. The van der Waals surface area contributed by atoms with E-state index in [1.807, 2.05) is 36.4 Å². The van der Waals surface area contributed by atoms with Crippen LogP contribution in [0.5, 0.6) is 0 Å². The number of rotatable bonds is 6. The van der Waals surface area contributed by atoms with Crippen molar-refractivity contribution in [2.45, 2.75) is 31.8 Å².